The normalized spacial score (nSPS) is 15.0. The summed E-state index contributed by atoms with van der Waals surface area (Å²) in [4.78, 5) is 10.6. The van der Waals surface area contributed by atoms with Crippen LogP contribution in [0.2, 0.25) is 0 Å². The lowest BCUT2D eigenvalue weighted by Crippen LogP contribution is -2.18. The molecule has 0 radical (unpaired) electrons. The number of benzene rings is 7. The molecule has 0 aliphatic heterocycles. The van der Waals surface area contributed by atoms with Crippen LogP contribution in [0.25, 0.3) is 99.3 Å². The third-order valence-corrected chi connectivity index (χ3v) is 12.5. The fourth-order valence-corrected chi connectivity index (χ4v) is 10.5. The quantitative estimate of drug-likeness (QED) is 0.182. The molecule has 7 aromatic carbocycles. The number of aromatic nitrogens is 4. The van der Waals surface area contributed by atoms with Crippen molar-refractivity contribution in [2.45, 2.75) is 44.9 Å². The Labute approximate surface area is 323 Å². The molecule has 0 bridgehead atoms. The van der Waals surface area contributed by atoms with Gasteiger partial charge in [0.1, 0.15) is 5.58 Å². The summed E-state index contributed by atoms with van der Waals surface area (Å²) in [5.41, 5.74) is 11.0. The van der Waals surface area contributed by atoms with Crippen molar-refractivity contribution < 1.29 is 4.42 Å². The van der Waals surface area contributed by atoms with Crippen molar-refractivity contribution in [3.05, 3.63) is 157 Å². The minimum absolute atomic E-state index is 0.0328. The van der Waals surface area contributed by atoms with Crippen LogP contribution in [0, 0.1) is 0 Å². The van der Waals surface area contributed by atoms with E-state index in [1.165, 1.54) is 60.2 Å². The summed E-state index contributed by atoms with van der Waals surface area (Å²) < 4.78 is 11.6. The van der Waals surface area contributed by atoms with Crippen molar-refractivity contribution in [1.82, 2.24) is 19.1 Å². The van der Waals surface area contributed by atoms with E-state index < -0.39 is 0 Å². The van der Waals surface area contributed by atoms with Crippen LogP contribution in [-0.4, -0.2) is 19.1 Å². The van der Waals surface area contributed by atoms with Gasteiger partial charge in [-0.05, 0) is 69.5 Å². The number of hydrogen-bond acceptors (Lipinski definition) is 3. The largest absolute Gasteiger partial charge is 0.437 e. The first-order chi connectivity index (χ1) is 27.3. The van der Waals surface area contributed by atoms with Gasteiger partial charge < -0.3 is 8.98 Å². The Morgan fingerprint density at radius 3 is 2.04 bits per heavy atom. The van der Waals surface area contributed by atoms with Crippen molar-refractivity contribution in [3.63, 3.8) is 0 Å². The molecule has 5 heteroatoms. The Kier molecular flexibility index (Phi) is 6.18. The Morgan fingerprint density at radius 2 is 1.21 bits per heavy atom. The SMILES string of the molecule is CC1(C)CC(C)(C)c2c(-n3c4cc5ccccc5cc4c4ccc5c6ccccc6n(-c6nc(-c7ccccc7)nc7oc8ccccc8c67)c5c43)cccc21. The fourth-order valence-electron chi connectivity index (χ4n) is 10.5. The predicted molar refractivity (Wildman–Crippen MR) is 232 cm³/mol. The van der Waals surface area contributed by atoms with Crippen LogP contribution in [0.3, 0.4) is 0 Å². The lowest BCUT2D eigenvalue weighted by Gasteiger charge is -2.24. The van der Waals surface area contributed by atoms with Gasteiger partial charge in [-0.3, -0.25) is 4.57 Å². The molecule has 0 amide bonds. The molecule has 4 aromatic heterocycles. The highest BCUT2D eigenvalue weighted by molar-refractivity contribution is 6.25. The van der Waals surface area contributed by atoms with Gasteiger partial charge in [0, 0.05) is 32.5 Å². The topological polar surface area (TPSA) is 48.8 Å². The van der Waals surface area contributed by atoms with Gasteiger partial charge in [-0.15, -0.1) is 0 Å². The Hall–Kier alpha value is -6.72. The van der Waals surface area contributed by atoms with Crippen molar-refractivity contribution in [2.24, 2.45) is 0 Å². The zero-order valence-corrected chi connectivity index (χ0v) is 31.8. The second-order valence-electron chi connectivity index (χ2n) is 16.9. The summed E-state index contributed by atoms with van der Waals surface area (Å²) in [7, 11) is 0. The van der Waals surface area contributed by atoms with Crippen molar-refractivity contribution >= 4 is 76.5 Å². The molecule has 268 valence electrons. The summed E-state index contributed by atoms with van der Waals surface area (Å²) in [6.45, 7) is 9.65. The molecule has 0 fully saturated rings. The Bertz CT molecular complexity index is 3450. The lowest BCUT2D eigenvalue weighted by molar-refractivity contribution is 0.403. The van der Waals surface area contributed by atoms with Gasteiger partial charge in [0.2, 0.25) is 5.71 Å². The molecule has 56 heavy (non-hydrogen) atoms. The number of furan rings is 1. The maximum absolute atomic E-state index is 6.57. The molecule has 1 aliphatic carbocycles. The van der Waals surface area contributed by atoms with Gasteiger partial charge in [0.15, 0.2) is 11.6 Å². The molecule has 0 spiro atoms. The van der Waals surface area contributed by atoms with Gasteiger partial charge >= 0.3 is 0 Å². The fraction of sp³-hybridized carbons (Fsp3) is 0.137. The standard InChI is InChI=1S/C51H38N4O/c1-50(2)29-51(3,4)44-38(50)21-14-23-40(44)54-41-28-32-18-9-8-17-31(32)27-37(41)35-26-25-34-33-19-10-12-22-39(33)55(46(34)45(35)54)48-43-36-20-11-13-24-42(36)56-49(43)53-47(52-48)30-15-6-5-7-16-30/h5-28H,29H2,1-4H3. The maximum atomic E-state index is 6.57. The van der Waals surface area contributed by atoms with Crippen molar-refractivity contribution in [2.75, 3.05) is 0 Å². The molecule has 11 aromatic rings. The third-order valence-electron chi connectivity index (χ3n) is 12.5. The lowest BCUT2D eigenvalue weighted by atomic mass is 9.81. The van der Waals surface area contributed by atoms with E-state index in [1.54, 1.807) is 0 Å². The van der Waals surface area contributed by atoms with Crippen LogP contribution >= 0.6 is 0 Å². The second-order valence-corrected chi connectivity index (χ2v) is 16.9. The number of fused-ring (bicyclic) bond motifs is 12. The van der Waals surface area contributed by atoms with Crippen LogP contribution < -0.4 is 0 Å². The van der Waals surface area contributed by atoms with E-state index in [-0.39, 0.29) is 10.8 Å². The average Bonchev–Trinajstić information content (AvgIpc) is 3.91. The van der Waals surface area contributed by atoms with Crippen LogP contribution in [-0.2, 0) is 10.8 Å². The summed E-state index contributed by atoms with van der Waals surface area (Å²) in [6, 6.07) is 52.4. The molecular formula is C51H38N4O. The zero-order valence-electron chi connectivity index (χ0n) is 31.8. The summed E-state index contributed by atoms with van der Waals surface area (Å²) in [5, 5.41) is 9.14. The van der Waals surface area contributed by atoms with E-state index in [4.69, 9.17) is 14.4 Å². The molecule has 0 atom stereocenters. The smallest absolute Gasteiger partial charge is 0.233 e. The first-order valence-corrected chi connectivity index (χ1v) is 19.6. The van der Waals surface area contributed by atoms with E-state index in [1.807, 2.05) is 30.3 Å². The zero-order chi connectivity index (χ0) is 37.5. The summed E-state index contributed by atoms with van der Waals surface area (Å²) in [6.07, 6.45) is 1.08. The van der Waals surface area contributed by atoms with E-state index >= 15 is 0 Å². The molecule has 0 saturated heterocycles. The van der Waals surface area contributed by atoms with Gasteiger partial charge in [0.25, 0.3) is 0 Å². The summed E-state index contributed by atoms with van der Waals surface area (Å²) in [5.74, 6) is 1.43. The first kappa shape index (κ1) is 31.6. The van der Waals surface area contributed by atoms with Crippen LogP contribution in [0.15, 0.2) is 150 Å². The first-order valence-electron chi connectivity index (χ1n) is 19.6. The molecule has 0 unspecified atom stereocenters. The molecule has 0 N–H and O–H groups in total. The monoisotopic (exact) mass is 722 g/mol. The van der Waals surface area contributed by atoms with Gasteiger partial charge in [-0.25, -0.2) is 4.98 Å². The van der Waals surface area contributed by atoms with E-state index in [2.05, 4.69) is 152 Å². The van der Waals surface area contributed by atoms with Crippen LogP contribution in [0.1, 0.15) is 45.2 Å². The molecule has 0 saturated carbocycles. The molecule has 12 rings (SSSR count). The highest BCUT2D eigenvalue weighted by atomic mass is 16.3. The number of nitrogens with zero attached hydrogens (tertiary/aromatic N) is 4. The third kappa shape index (κ3) is 4.20. The van der Waals surface area contributed by atoms with E-state index in [0.29, 0.717) is 11.5 Å². The van der Waals surface area contributed by atoms with Crippen molar-refractivity contribution in [1.29, 1.82) is 0 Å². The number of para-hydroxylation sites is 2. The molecule has 1 aliphatic rings. The molecule has 4 heterocycles. The maximum Gasteiger partial charge on any atom is 0.233 e. The predicted octanol–water partition coefficient (Wildman–Crippen LogP) is 13.3. The number of hydrogen-bond donors (Lipinski definition) is 0. The Balaban J connectivity index is 1.34. The molecular weight excluding hydrogens is 685 g/mol. The highest BCUT2D eigenvalue weighted by Crippen LogP contribution is 2.53. The van der Waals surface area contributed by atoms with Gasteiger partial charge in [-0.1, -0.05) is 143 Å². The van der Waals surface area contributed by atoms with Crippen molar-refractivity contribution in [3.8, 4) is 22.9 Å². The van der Waals surface area contributed by atoms with Crippen LogP contribution in [0.4, 0.5) is 0 Å². The van der Waals surface area contributed by atoms with E-state index in [9.17, 15) is 0 Å². The minimum atomic E-state index is -0.0328. The number of rotatable bonds is 3. The summed E-state index contributed by atoms with van der Waals surface area (Å²) >= 11 is 0. The average molecular weight is 723 g/mol. The molecule has 5 nitrogen and oxygen atoms in total. The van der Waals surface area contributed by atoms with E-state index in [0.717, 1.165) is 45.2 Å². The highest BCUT2D eigenvalue weighted by Gasteiger charge is 2.44. The second kappa shape index (κ2) is 10.9. The van der Waals surface area contributed by atoms with Crippen LogP contribution in [0.5, 0.6) is 0 Å². The van der Waals surface area contributed by atoms with Gasteiger partial charge in [0.05, 0.1) is 33.1 Å². The minimum Gasteiger partial charge on any atom is -0.437 e. The Morgan fingerprint density at radius 1 is 0.536 bits per heavy atom. The van der Waals surface area contributed by atoms with Gasteiger partial charge in [-0.2, -0.15) is 4.98 Å².